The van der Waals surface area contributed by atoms with Gasteiger partial charge in [0.05, 0.1) is 18.7 Å². The summed E-state index contributed by atoms with van der Waals surface area (Å²) in [5.74, 6) is 0.888. The lowest BCUT2D eigenvalue weighted by Crippen LogP contribution is -2.22. The van der Waals surface area contributed by atoms with Gasteiger partial charge in [0.2, 0.25) is 0 Å². The summed E-state index contributed by atoms with van der Waals surface area (Å²) in [6.07, 6.45) is 1.82. The van der Waals surface area contributed by atoms with Gasteiger partial charge in [-0.3, -0.25) is 9.69 Å². The zero-order valence-electron chi connectivity index (χ0n) is 11.9. The highest BCUT2D eigenvalue weighted by molar-refractivity contribution is 9.10. The molecule has 2 aromatic heterocycles. The second-order valence-corrected chi connectivity index (χ2v) is 6.78. The van der Waals surface area contributed by atoms with Gasteiger partial charge in [-0.2, -0.15) is 0 Å². The smallest absolute Gasteiger partial charge is 0.189 e. The number of hydrogen-bond donors (Lipinski definition) is 0. The van der Waals surface area contributed by atoms with Crippen LogP contribution in [0.4, 0.5) is 0 Å². The molecule has 2 heterocycles. The van der Waals surface area contributed by atoms with Gasteiger partial charge in [0.15, 0.2) is 10.1 Å². The third kappa shape index (κ3) is 3.19. The Labute approximate surface area is 144 Å². The SMILES string of the molecule is CN(Cc1ccc(Br)o1)Cn1ccc(=O)c2cccc(Br)c21. The number of nitrogens with zero attached hydrogens (tertiary/aromatic N) is 2. The van der Waals surface area contributed by atoms with Gasteiger partial charge >= 0.3 is 0 Å². The van der Waals surface area contributed by atoms with E-state index < -0.39 is 0 Å². The molecule has 4 nitrogen and oxygen atoms in total. The third-order valence-electron chi connectivity index (χ3n) is 3.39. The highest BCUT2D eigenvalue weighted by atomic mass is 79.9. The fourth-order valence-corrected chi connectivity index (χ4v) is 3.39. The van der Waals surface area contributed by atoms with Gasteiger partial charge in [0.1, 0.15) is 5.76 Å². The highest BCUT2D eigenvalue weighted by Crippen LogP contribution is 2.22. The lowest BCUT2D eigenvalue weighted by Gasteiger charge is -2.19. The molecule has 0 fully saturated rings. The van der Waals surface area contributed by atoms with Crippen LogP contribution < -0.4 is 5.43 Å². The summed E-state index contributed by atoms with van der Waals surface area (Å²) in [4.78, 5) is 14.1. The number of halogens is 2. The minimum Gasteiger partial charge on any atom is -0.453 e. The first-order valence-electron chi connectivity index (χ1n) is 6.75. The first-order chi connectivity index (χ1) is 10.5. The van der Waals surface area contributed by atoms with E-state index in [0.29, 0.717) is 18.6 Å². The van der Waals surface area contributed by atoms with Crippen molar-refractivity contribution in [2.75, 3.05) is 7.05 Å². The van der Waals surface area contributed by atoms with E-state index in [1.54, 1.807) is 6.07 Å². The van der Waals surface area contributed by atoms with Crippen molar-refractivity contribution in [2.24, 2.45) is 0 Å². The van der Waals surface area contributed by atoms with Gasteiger partial charge in [0, 0.05) is 22.1 Å². The largest absolute Gasteiger partial charge is 0.453 e. The Morgan fingerprint density at radius 2 is 2.00 bits per heavy atom. The average molecular weight is 426 g/mol. The molecule has 0 spiro atoms. The van der Waals surface area contributed by atoms with Gasteiger partial charge in [-0.1, -0.05) is 6.07 Å². The summed E-state index contributed by atoms with van der Waals surface area (Å²) in [6.45, 7) is 1.33. The van der Waals surface area contributed by atoms with Crippen molar-refractivity contribution in [2.45, 2.75) is 13.2 Å². The van der Waals surface area contributed by atoms with Crippen LogP contribution in [-0.4, -0.2) is 16.5 Å². The van der Waals surface area contributed by atoms with E-state index in [1.807, 2.05) is 43.6 Å². The number of aromatic nitrogens is 1. The maximum absolute atomic E-state index is 12.0. The zero-order chi connectivity index (χ0) is 15.7. The summed E-state index contributed by atoms with van der Waals surface area (Å²) in [7, 11) is 2.01. The molecule has 1 aromatic carbocycles. The second kappa shape index (κ2) is 6.40. The Hall–Kier alpha value is -1.37. The molecule has 0 aliphatic rings. The minimum atomic E-state index is 0.0326. The molecule has 3 aromatic rings. The fourth-order valence-electron chi connectivity index (χ4n) is 2.46. The molecule has 3 rings (SSSR count). The quantitative estimate of drug-likeness (QED) is 0.628. The molecular formula is C16H14Br2N2O2. The van der Waals surface area contributed by atoms with Crippen molar-refractivity contribution >= 4 is 42.8 Å². The van der Waals surface area contributed by atoms with Gasteiger partial charge in [0.25, 0.3) is 0 Å². The molecule has 22 heavy (non-hydrogen) atoms. The third-order valence-corrected chi connectivity index (χ3v) is 4.46. The lowest BCUT2D eigenvalue weighted by atomic mass is 10.2. The number of pyridine rings is 1. The van der Waals surface area contributed by atoms with E-state index in [2.05, 4.69) is 41.3 Å². The first-order valence-corrected chi connectivity index (χ1v) is 8.33. The molecule has 0 saturated carbocycles. The molecular weight excluding hydrogens is 412 g/mol. The predicted molar refractivity (Wildman–Crippen MR) is 93.8 cm³/mol. The number of furan rings is 1. The number of para-hydroxylation sites is 1. The van der Waals surface area contributed by atoms with Crippen molar-refractivity contribution in [1.29, 1.82) is 0 Å². The predicted octanol–water partition coefficient (Wildman–Crippen LogP) is 4.21. The minimum absolute atomic E-state index is 0.0326. The fraction of sp³-hybridized carbons (Fsp3) is 0.188. The number of rotatable bonds is 4. The normalized spacial score (nSPS) is 11.5. The molecule has 0 N–H and O–H groups in total. The monoisotopic (exact) mass is 424 g/mol. The van der Waals surface area contributed by atoms with E-state index in [9.17, 15) is 4.79 Å². The van der Waals surface area contributed by atoms with Crippen LogP contribution in [0.3, 0.4) is 0 Å². The van der Waals surface area contributed by atoms with Crippen molar-refractivity contribution in [1.82, 2.24) is 9.47 Å². The zero-order valence-corrected chi connectivity index (χ0v) is 15.1. The molecule has 0 radical (unpaired) electrons. The maximum Gasteiger partial charge on any atom is 0.189 e. The molecule has 0 amide bonds. The van der Waals surface area contributed by atoms with Crippen molar-refractivity contribution < 1.29 is 4.42 Å². The number of fused-ring (bicyclic) bond motifs is 1. The summed E-state index contributed by atoms with van der Waals surface area (Å²) >= 11 is 6.85. The van der Waals surface area contributed by atoms with Crippen LogP contribution in [0, 0.1) is 0 Å². The molecule has 6 heteroatoms. The topological polar surface area (TPSA) is 38.4 Å². The van der Waals surface area contributed by atoms with E-state index in [0.717, 1.165) is 20.4 Å². The molecule has 114 valence electrons. The molecule has 0 atom stereocenters. The Morgan fingerprint density at radius 3 is 2.73 bits per heavy atom. The first kappa shape index (κ1) is 15.5. The standard InChI is InChI=1S/C16H14Br2N2O2/c1-19(9-11-5-6-15(18)22-11)10-20-8-7-14(21)12-3-2-4-13(17)16(12)20/h2-8H,9-10H2,1H3. The Bertz CT molecular complexity index is 870. The second-order valence-electron chi connectivity index (χ2n) is 5.15. The van der Waals surface area contributed by atoms with Gasteiger partial charge in [-0.05, 0) is 63.2 Å². The Balaban J connectivity index is 1.90. The highest BCUT2D eigenvalue weighted by Gasteiger charge is 2.09. The summed E-state index contributed by atoms with van der Waals surface area (Å²) in [5, 5.41) is 0.714. The van der Waals surface area contributed by atoms with Gasteiger partial charge in [-0.25, -0.2) is 0 Å². The van der Waals surface area contributed by atoms with Crippen molar-refractivity contribution in [3.63, 3.8) is 0 Å². The van der Waals surface area contributed by atoms with Crippen LogP contribution in [0.1, 0.15) is 5.76 Å². The Morgan fingerprint density at radius 1 is 1.18 bits per heavy atom. The Kier molecular flexibility index (Phi) is 4.52. The van der Waals surface area contributed by atoms with Crippen LogP contribution >= 0.6 is 31.9 Å². The van der Waals surface area contributed by atoms with Crippen molar-refractivity contribution in [3.8, 4) is 0 Å². The molecule has 0 aliphatic heterocycles. The summed E-state index contributed by atoms with van der Waals surface area (Å²) in [5.41, 5.74) is 0.938. The van der Waals surface area contributed by atoms with E-state index in [-0.39, 0.29) is 5.43 Å². The molecule has 0 aliphatic carbocycles. The van der Waals surface area contributed by atoms with Crippen LogP contribution in [0.5, 0.6) is 0 Å². The van der Waals surface area contributed by atoms with E-state index in [4.69, 9.17) is 4.42 Å². The van der Waals surface area contributed by atoms with Crippen molar-refractivity contribution in [3.05, 3.63) is 67.7 Å². The molecule has 0 saturated heterocycles. The lowest BCUT2D eigenvalue weighted by molar-refractivity contribution is 0.241. The van der Waals surface area contributed by atoms with Crippen LogP contribution in [0.15, 0.2) is 60.9 Å². The number of hydrogen-bond acceptors (Lipinski definition) is 3. The summed E-state index contributed by atoms with van der Waals surface area (Å²) in [6, 6.07) is 11.1. The van der Waals surface area contributed by atoms with Gasteiger partial charge in [-0.15, -0.1) is 0 Å². The molecule has 0 bridgehead atoms. The molecule has 0 unspecified atom stereocenters. The van der Waals surface area contributed by atoms with Crippen LogP contribution in [0.25, 0.3) is 10.9 Å². The van der Waals surface area contributed by atoms with Crippen LogP contribution in [0.2, 0.25) is 0 Å². The summed E-state index contributed by atoms with van der Waals surface area (Å²) < 4.78 is 9.23. The van der Waals surface area contributed by atoms with E-state index >= 15 is 0 Å². The van der Waals surface area contributed by atoms with Gasteiger partial charge < -0.3 is 8.98 Å². The average Bonchev–Trinajstić information content (AvgIpc) is 2.87. The maximum atomic E-state index is 12.0. The van der Waals surface area contributed by atoms with E-state index in [1.165, 1.54) is 0 Å². The van der Waals surface area contributed by atoms with Crippen LogP contribution in [-0.2, 0) is 13.2 Å². The number of benzene rings is 1.